The first kappa shape index (κ1) is 26.6. The summed E-state index contributed by atoms with van der Waals surface area (Å²) in [6.45, 7) is 1.94. The van der Waals surface area contributed by atoms with E-state index in [0.29, 0.717) is 28.0 Å². The molecule has 4 rings (SSSR count). The average molecular weight is 513 g/mol. The number of benzene rings is 3. The van der Waals surface area contributed by atoms with Gasteiger partial charge in [0.25, 0.3) is 0 Å². The molecule has 0 heterocycles. The molecule has 0 radical (unpaired) electrons. The van der Waals surface area contributed by atoms with Gasteiger partial charge >= 0.3 is 5.97 Å². The van der Waals surface area contributed by atoms with E-state index in [1.54, 1.807) is 24.3 Å². The minimum absolute atomic E-state index is 0.0369. The van der Waals surface area contributed by atoms with Crippen LogP contribution in [0.1, 0.15) is 55.1 Å². The van der Waals surface area contributed by atoms with E-state index in [2.05, 4.69) is 4.74 Å². The second-order valence-corrected chi connectivity index (χ2v) is 9.57. The van der Waals surface area contributed by atoms with Gasteiger partial charge in [-0.05, 0) is 65.3 Å². The SMILES string of the molecule is COC(=O)C[C@@H](O)c1cccc(OCc2ccc(-c3cc(OC)ccc3F)c([C@@H](O)C3(C)CC3)c2)c1F. The van der Waals surface area contributed by atoms with Crippen molar-refractivity contribution in [1.29, 1.82) is 0 Å². The summed E-state index contributed by atoms with van der Waals surface area (Å²) in [5.41, 5.74) is 1.66. The lowest BCUT2D eigenvalue weighted by Crippen LogP contribution is -2.12. The number of hydrogen-bond acceptors (Lipinski definition) is 6. The van der Waals surface area contributed by atoms with E-state index in [4.69, 9.17) is 9.47 Å². The Hall–Kier alpha value is -3.49. The molecule has 0 aromatic heterocycles. The normalized spacial score (nSPS) is 15.5. The fourth-order valence-corrected chi connectivity index (χ4v) is 4.27. The zero-order valence-corrected chi connectivity index (χ0v) is 21.0. The van der Waals surface area contributed by atoms with E-state index in [9.17, 15) is 19.4 Å². The van der Waals surface area contributed by atoms with Gasteiger partial charge in [0.2, 0.25) is 0 Å². The Bertz CT molecular complexity index is 1290. The third-order valence-corrected chi connectivity index (χ3v) is 6.91. The smallest absolute Gasteiger partial charge is 0.308 e. The Morgan fingerprint density at radius 3 is 2.43 bits per heavy atom. The van der Waals surface area contributed by atoms with E-state index < -0.39 is 29.8 Å². The van der Waals surface area contributed by atoms with Gasteiger partial charge in [0, 0.05) is 11.1 Å². The Kier molecular flexibility index (Phi) is 7.80. The highest BCUT2D eigenvalue weighted by Crippen LogP contribution is 2.55. The van der Waals surface area contributed by atoms with Crippen molar-refractivity contribution in [2.75, 3.05) is 14.2 Å². The largest absolute Gasteiger partial charge is 0.497 e. The van der Waals surface area contributed by atoms with E-state index in [-0.39, 0.29) is 29.8 Å². The third-order valence-electron chi connectivity index (χ3n) is 6.91. The molecule has 1 aliphatic rings. The first-order chi connectivity index (χ1) is 17.7. The van der Waals surface area contributed by atoms with Crippen LogP contribution in [0.3, 0.4) is 0 Å². The summed E-state index contributed by atoms with van der Waals surface area (Å²) in [7, 11) is 2.69. The van der Waals surface area contributed by atoms with E-state index >= 15 is 4.39 Å². The molecule has 1 fully saturated rings. The number of carbonyl (C=O) groups is 1. The molecule has 196 valence electrons. The van der Waals surface area contributed by atoms with Crippen LogP contribution in [0, 0.1) is 17.0 Å². The predicted molar refractivity (Wildman–Crippen MR) is 133 cm³/mol. The van der Waals surface area contributed by atoms with Crippen LogP contribution in [0.5, 0.6) is 11.5 Å². The van der Waals surface area contributed by atoms with Crippen molar-refractivity contribution in [2.24, 2.45) is 5.41 Å². The van der Waals surface area contributed by atoms with Crippen molar-refractivity contribution < 1.29 is 38.0 Å². The van der Waals surface area contributed by atoms with Gasteiger partial charge in [-0.3, -0.25) is 4.79 Å². The number of esters is 1. The Morgan fingerprint density at radius 2 is 1.76 bits per heavy atom. The van der Waals surface area contributed by atoms with E-state index in [0.717, 1.165) is 12.8 Å². The quantitative estimate of drug-likeness (QED) is 0.342. The summed E-state index contributed by atoms with van der Waals surface area (Å²) in [5, 5.41) is 21.4. The number of hydrogen-bond donors (Lipinski definition) is 2. The second kappa shape index (κ2) is 10.9. The van der Waals surface area contributed by atoms with Gasteiger partial charge in [-0.1, -0.05) is 31.2 Å². The van der Waals surface area contributed by atoms with Gasteiger partial charge in [0.15, 0.2) is 11.6 Å². The summed E-state index contributed by atoms with van der Waals surface area (Å²) in [6.07, 6.45) is -0.906. The number of rotatable bonds is 10. The summed E-state index contributed by atoms with van der Waals surface area (Å²) < 4.78 is 45.3. The lowest BCUT2D eigenvalue weighted by Gasteiger charge is -2.23. The van der Waals surface area contributed by atoms with E-state index in [1.807, 2.05) is 6.92 Å². The summed E-state index contributed by atoms with van der Waals surface area (Å²) in [6, 6.07) is 14.0. The fourth-order valence-electron chi connectivity index (χ4n) is 4.27. The zero-order chi connectivity index (χ0) is 26.7. The lowest BCUT2D eigenvalue weighted by atomic mass is 9.87. The van der Waals surface area contributed by atoms with Crippen LogP contribution >= 0.6 is 0 Å². The minimum Gasteiger partial charge on any atom is -0.497 e. The van der Waals surface area contributed by atoms with Gasteiger partial charge < -0.3 is 24.4 Å². The van der Waals surface area contributed by atoms with Crippen LogP contribution in [-0.4, -0.2) is 30.4 Å². The first-order valence-corrected chi connectivity index (χ1v) is 12.0. The van der Waals surface area contributed by atoms with Crippen LogP contribution in [0.25, 0.3) is 11.1 Å². The maximum absolute atomic E-state index is 15.0. The van der Waals surface area contributed by atoms with Crippen LogP contribution in [0.15, 0.2) is 54.6 Å². The number of methoxy groups -OCH3 is 2. The molecule has 3 aromatic carbocycles. The van der Waals surface area contributed by atoms with Crippen molar-refractivity contribution >= 4 is 5.97 Å². The highest BCUT2D eigenvalue weighted by atomic mass is 19.1. The third kappa shape index (κ3) is 5.76. The average Bonchev–Trinajstić information content (AvgIpc) is 3.66. The number of aliphatic hydroxyl groups is 2. The van der Waals surface area contributed by atoms with Crippen LogP contribution in [-0.2, 0) is 16.1 Å². The molecule has 1 aliphatic carbocycles. The maximum atomic E-state index is 15.0. The number of halogens is 2. The molecular formula is C29H30F2O6. The van der Waals surface area contributed by atoms with Crippen molar-refractivity contribution in [2.45, 2.75) is 45.0 Å². The summed E-state index contributed by atoms with van der Waals surface area (Å²) in [4.78, 5) is 11.5. The topological polar surface area (TPSA) is 85.2 Å². The van der Waals surface area contributed by atoms with Gasteiger partial charge in [-0.2, -0.15) is 0 Å². The molecule has 2 atom stereocenters. The van der Waals surface area contributed by atoms with Crippen LogP contribution in [0.4, 0.5) is 8.78 Å². The van der Waals surface area contributed by atoms with Gasteiger partial charge in [-0.25, -0.2) is 8.78 Å². The highest BCUT2D eigenvalue weighted by molar-refractivity contribution is 5.71. The molecule has 0 unspecified atom stereocenters. The summed E-state index contributed by atoms with van der Waals surface area (Å²) >= 11 is 0. The molecule has 3 aromatic rings. The number of carbonyl (C=O) groups excluding carboxylic acids is 1. The zero-order valence-electron chi connectivity index (χ0n) is 21.0. The fraction of sp³-hybridized carbons (Fsp3) is 0.345. The molecule has 8 heteroatoms. The van der Waals surface area contributed by atoms with E-state index in [1.165, 1.54) is 44.6 Å². The minimum atomic E-state index is -1.38. The van der Waals surface area contributed by atoms with Gasteiger partial charge in [0.05, 0.1) is 32.8 Å². The van der Waals surface area contributed by atoms with Crippen molar-refractivity contribution in [3.8, 4) is 22.6 Å². The standard InChI is InChI=1S/C29H30F2O6/c1-29(11-12-29)28(34)22-13-17(7-9-19(22)21-14-18(35-2)8-10-23(21)30)16-37-25-6-4-5-20(27(25)31)24(32)15-26(33)36-3/h4-10,13-14,24,28,32,34H,11-12,15-16H2,1-3H3/t24-,28-/m1/s1. The molecule has 0 bridgehead atoms. The molecule has 37 heavy (non-hydrogen) atoms. The molecule has 0 saturated heterocycles. The first-order valence-electron chi connectivity index (χ1n) is 12.0. The van der Waals surface area contributed by atoms with Crippen molar-refractivity contribution in [3.63, 3.8) is 0 Å². The molecule has 1 saturated carbocycles. The Labute approximate surface area is 214 Å². The molecule has 0 aliphatic heterocycles. The molecule has 2 N–H and O–H groups in total. The van der Waals surface area contributed by atoms with Crippen LogP contribution < -0.4 is 9.47 Å². The van der Waals surface area contributed by atoms with Gasteiger partial charge in [-0.15, -0.1) is 0 Å². The van der Waals surface area contributed by atoms with Gasteiger partial charge in [0.1, 0.15) is 18.2 Å². The Morgan fingerprint density at radius 1 is 1.00 bits per heavy atom. The van der Waals surface area contributed by atoms with Crippen molar-refractivity contribution in [3.05, 3.63) is 82.9 Å². The lowest BCUT2D eigenvalue weighted by molar-refractivity contribution is -0.142. The molecule has 6 nitrogen and oxygen atoms in total. The monoisotopic (exact) mass is 512 g/mol. The summed E-state index contributed by atoms with van der Waals surface area (Å²) in [5.74, 6) is -1.49. The molecule has 0 spiro atoms. The van der Waals surface area contributed by atoms with Crippen molar-refractivity contribution in [1.82, 2.24) is 0 Å². The molecule has 0 amide bonds. The second-order valence-electron chi connectivity index (χ2n) is 9.57. The number of ether oxygens (including phenoxy) is 3. The Balaban J connectivity index is 1.62. The number of aliphatic hydroxyl groups excluding tert-OH is 2. The maximum Gasteiger partial charge on any atom is 0.308 e. The molecular weight excluding hydrogens is 482 g/mol. The predicted octanol–water partition coefficient (Wildman–Crippen LogP) is 5.65. The van der Waals surface area contributed by atoms with Crippen LogP contribution in [0.2, 0.25) is 0 Å². The highest BCUT2D eigenvalue weighted by Gasteiger charge is 2.45.